The van der Waals surface area contributed by atoms with Crippen molar-refractivity contribution in [3.05, 3.63) is 18.4 Å². The summed E-state index contributed by atoms with van der Waals surface area (Å²) in [5, 5.41) is 7.49. The van der Waals surface area contributed by atoms with Gasteiger partial charge in [-0.3, -0.25) is 0 Å². The summed E-state index contributed by atoms with van der Waals surface area (Å²) in [4.78, 5) is 15.5. The monoisotopic (exact) mass is 301 g/mol. The second-order valence-electron chi connectivity index (χ2n) is 6.46. The van der Waals surface area contributed by atoms with Crippen LogP contribution in [0.15, 0.2) is 18.4 Å². The summed E-state index contributed by atoms with van der Waals surface area (Å²) in [5.41, 5.74) is 0.760. The molecule has 3 rings (SSSR count). The Morgan fingerprint density at radius 2 is 2.09 bits per heavy atom. The average molecular weight is 301 g/mol. The molecule has 0 unspecified atom stereocenters. The Morgan fingerprint density at radius 1 is 1.32 bits per heavy atom. The molecule has 1 aliphatic rings. The van der Waals surface area contributed by atoms with Gasteiger partial charge in [0.25, 0.3) is 0 Å². The Balaban J connectivity index is 1.82. The molecular weight excluding hydrogens is 276 g/mol. The first-order chi connectivity index (χ1) is 10.9. The standard InChI is InChI=1S/C16H24N6/c1-10(2)19-15-14-11(5-6-17-15)9-18-16(21-14)20-12-7-13(8-12)22(3)4/h5-6,9-10,12-13H,7-8H2,1-4H3,(H,17,19)(H,18,20,21)/i6D. The van der Waals surface area contributed by atoms with E-state index in [1.807, 2.05) is 13.8 Å². The normalized spacial score (nSPS) is 21.8. The first kappa shape index (κ1) is 13.7. The van der Waals surface area contributed by atoms with E-state index >= 15 is 0 Å². The van der Waals surface area contributed by atoms with Gasteiger partial charge in [-0.15, -0.1) is 0 Å². The minimum Gasteiger partial charge on any atom is -0.366 e. The first-order valence-electron chi connectivity index (χ1n) is 8.26. The van der Waals surface area contributed by atoms with Crippen LogP contribution < -0.4 is 10.6 Å². The third-order valence-electron chi connectivity index (χ3n) is 4.04. The Labute approximate surface area is 132 Å². The number of fused-ring (bicyclic) bond motifs is 1. The zero-order chi connectivity index (χ0) is 16.6. The van der Waals surface area contributed by atoms with Gasteiger partial charge in [-0.1, -0.05) is 0 Å². The quantitative estimate of drug-likeness (QED) is 0.884. The smallest absolute Gasteiger partial charge is 0.223 e. The molecular formula is C16H24N6. The van der Waals surface area contributed by atoms with Gasteiger partial charge in [-0.2, -0.15) is 0 Å². The average Bonchev–Trinajstić information content (AvgIpc) is 2.41. The highest BCUT2D eigenvalue weighted by molar-refractivity contribution is 5.88. The molecule has 2 aromatic heterocycles. The van der Waals surface area contributed by atoms with Crippen LogP contribution in [0.1, 0.15) is 28.1 Å². The lowest BCUT2D eigenvalue weighted by atomic mass is 9.86. The van der Waals surface area contributed by atoms with Crippen LogP contribution in [0.5, 0.6) is 0 Å². The topological polar surface area (TPSA) is 66.0 Å². The maximum atomic E-state index is 7.80. The number of nitrogens with zero attached hydrogens (tertiary/aromatic N) is 4. The second-order valence-corrected chi connectivity index (χ2v) is 6.46. The Hall–Kier alpha value is -1.95. The molecule has 2 heterocycles. The fourth-order valence-electron chi connectivity index (χ4n) is 2.66. The lowest BCUT2D eigenvalue weighted by Gasteiger charge is -2.39. The van der Waals surface area contributed by atoms with Crippen molar-refractivity contribution in [3.63, 3.8) is 0 Å². The summed E-state index contributed by atoms with van der Waals surface area (Å²) in [6.45, 7) is 4.08. The van der Waals surface area contributed by atoms with E-state index in [0.29, 0.717) is 23.8 Å². The molecule has 6 nitrogen and oxygen atoms in total. The summed E-state index contributed by atoms with van der Waals surface area (Å²) in [5.74, 6) is 1.28. The van der Waals surface area contributed by atoms with E-state index in [1.165, 1.54) is 0 Å². The van der Waals surface area contributed by atoms with Gasteiger partial charge in [0, 0.05) is 35.9 Å². The number of aromatic nitrogens is 3. The molecule has 1 fully saturated rings. The molecule has 0 spiro atoms. The van der Waals surface area contributed by atoms with Crippen LogP contribution in [-0.2, 0) is 0 Å². The van der Waals surface area contributed by atoms with Crippen LogP contribution >= 0.6 is 0 Å². The van der Waals surface area contributed by atoms with Gasteiger partial charge in [0.2, 0.25) is 5.95 Å². The Bertz CT molecular complexity index is 696. The van der Waals surface area contributed by atoms with Crippen molar-refractivity contribution in [1.82, 2.24) is 19.9 Å². The van der Waals surface area contributed by atoms with Gasteiger partial charge in [0.05, 0.1) is 1.37 Å². The second kappa shape index (κ2) is 6.04. The van der Waals surface area contributed by atoms with Gasteiger partial charge in [0.1, 0.15) is 5.52 Å². The number of hydrogen-bond donors (Lipinski definition) is 2. The summed E-state index contributed by atoms with van der Waals surface area (Å²) in [6.07, 6.45) is 4.20. The fraction of sp³-hybridized carbons (Fsp3) is 0.562. The predicted molar refractivity (Wildman–Crippen MR) is 90.2 cm³/mol. The fourth-order valence-corrected chi connectivity index (χ4v) is 2.66. The largest absolute Gasteiger partial charge is 0.366 e. The lowest BCUT2D eigenvalue weighted by molar-refractivity contribution is 0.177. The van der Waals surface area contributed by atoms with Crippen LogP contribution in [-0.4, -0.2) is 52.1 Å². The van der Waals surface area contributed by atoms with Gasteiger partial charge < -0.3 is 15.5 Å². The molecule has 1 aliphatic carbocycles. The van der Waals surface area contributed by atoms with Crippen LogP contribution in [0.4, 0.5) is 11.8 Å². The van der Waals surface area contributed by atoms with E-state index < -0.39 is 0 Å². The van der Waals surface area contributed by atoms with E-state index in [1.54, 1.807) is 12.3 Å². The van der Waals surface area contributed by atoms with E-state index in [9.17, 15) is 0 Å². The van der Waals surface area contributed by atoms with Crippen LogP contribution in [0.3, 0.4) is 0 Å². The number of hydrogen-bond acceptors (Lipinski definition) is 6. The SMILES string of the molecule is [2H]c1cc2cnc(NC3CC(N(C)C)C3)nc2c(NC(C)C)n1. The number of pyridine rings is 1. The molecule has 0 amide bonds. The van der Waals surface area contributed by atoms with Crippen molar-refractivity contribution in [2.75, 3.05) is 24.7 Å². The molecule has 2 aromatic rings. The zero-order valence-electron chi connectivity index (χ0n) is 14.6. The van der Waals surface area contributed by atoms with Crippen molar-refractivity contribution in [3.8, 4) is 0 Å². The third-order valence-corrected chi connectivity index (χ3v) is 4.04. The summed E-state index contributed by atoms with van der Waals surface area (Å²) < 4.78 is 7.80. The molecule has 2 N–H and O–H groups in total. The summed E-state index contributed by atoms with van der Waals surface area (Å²) in [6, 6.07) is 2.98. The number of rotatable bonds is 5. The molecule has 0 bridgehead atoms. The zero-order valence-corrected chi connectivity index (χ0v) is 13.6. The Morgan fingerprint density at radius 3 is 2.77 bits per heavy atom. The molecule has 0 atom stereocenters. The number of anilines is 2. The van der Waals surface area contributed by atoms with E-state index in [4.69, 9.17) is 1.37 Å². The van der Waals surface area contributed by atoms with Gasteiger partial charge in [-0.25, -0.2) is 15.0 Å². The molecule has 0 saturated heterocycles. The minimum absolute atomic E-state index is 0.220. The van der Waals surface area contributed by atoms with Crippen LogP contribution in [0, 0.1) is 0 Å². The predicted octanol–water partition coefficient (Wildman–Crippen LogP) is 2.35. The molecule has 22 heavy (non-hydrogen) atoms. The minimum atomic E-state index is 0.220. The van der Waals surface area contributed by atoms with E-state index in [-0.39, 0.29) is 12.2 Å². The van der Waals surface area contributed by atoms with Gasteiger partial charge in [0.15, 0.2) is 5.82 Å². The van der Waals surface area contributed by atoms with Crippen LogP contribution in [0.25, 0.3) is 10.9 Å². The van der Waals surface area contributed by atoms with E-state index in [2.05, 4.69) is 44.6 Å². The highest BCUT2D eigenvalue weighted by Crippen LogP contribution is 2.27. The van der Waals surface area contributed by atoms with Gasteiger partial charge in [-0.05, 0) is 46.9 Å². The van der Waals surface area contributed by atoms with Crippen molar-refractivity contribution in [2.24, 2.45) is 0 Å². The molecule has 0 radical (unpaired) electrons. The van der Waals surface area contributed by atoms with Crippen LogP contribution in [0.2, 0.25) is 0 Å². The Kier molecular flexibility index (Phi) is 3.76. The summed E-state index contributed by atoms with van der Waals surface area (Å²) in [7, 11) is 4.22. The van der Waals surface area contributed by atoms with Crippen molar-refractivity contribution < 1.29 is 1.37 Å². The molecule has 0 aliphatic heterocycles. The first-order valence-corrected chi connectivity index (χ1v) is 7.76. The third kappa shape index (κ3) is 3.11. The molecule has 0 aromatic carbocycles. The van der Waals surface area contributed by atoms with Crippen molar-refractivity contribution >= 4 is 22.7 Å². The highest BCUT2D eigenvalue weighted by atomic mass is 15.2. The lowest BCUT2D eigenvalue weighted by Crippen LogP contribution is -2.47. The summed E-state index contributed by atoms with van der Waals surface area (Å²) >= 11 is 0. The van der Waals surface area contributed by atoms with Crippen molar-refractivity contribution in [1.29, 1.82) is 0 Å². The van der Waals surface area contributed by atoms with E-state index in [0.717, 1.165) is 23.7 Å². The molecule has 118 valence electrons. The maximum absolute atomic E-state index is 7.80. The highest BCUT2D eigenvalue weighted by Gasteiger charge is 2.30. The van der Waals surface area contributed by atoms with Crippen molar-refractivity contribution in [2.45, 2.75) is 44.8 Å². The molecule has 6 heteroatoms. The maximum Gasteiger partial charge on any atom is 0.223 e. The number of nitrogens with one attached hydrogen (secondary N) is 2. The van der Waals surface area contributed by atoms with Gasteiger partial charge >= 0.3 is 0 Å². The molecule has 1 saturated carbocycles.